The molecule has 0 radical (unpaired) electrons. The number of benzene rings is 2. The average molecular weight is 285 g/mol. The van der Waals surface area contributed by atoms with Crippen LogP contribution in [0, 0.1) is 17.5 Å². The number of carbonyl (C=O) groups is 1. The summed E-state index contributed by atoms with van der Waals surface area (Å²) in [4.78, 5) is 11.8. The molecule has 0 fully saturated rings. The number of rotatable bonds is 3. The predicted octanol–water partition coefficient (Wildman–Crippen LogP) is 4.18. The number of ketones is 1. The van der Waals surface area contributed by atoms with Crippen LogP contribution >= 0.6 is 11.6 Å². The Morgan fingerprint density at radius 1 is 1.05 bits per heavy atom. The molecule has 2 aromatic rings. The number of carbonyl (C=O) groups excluding carboxylic acids is 1. The van der Waals surface area contributed by atoms with Crippen molar-refractivity contribution in [3.8, 4) is 0 Å². The van der Waals surface area contributed by atoms with E-state index in [1.54, 1.807) is 0 Å². The van der Waals surface area contributed by atoms with Gasteiger partial charge in [-0.25, -0.2) is 13.2 Å². The van der Waals surface area contributed by atoms with Crippen LogP contribution in [-0.4, -0.2) is 5.78 Å². The Kier molecular flexibility index (Phi) is 3.90. The zero-order chi connectivity index (χ0) is 14.0. The average Bonchev–Trinajstić information content (AvgIpc) is 2.38. The highest BCUT2D eigenvalue weighted by Gasteiger charge is 2.14. The Bertz CT molecular complexity index is 641. The Morgan fingerprint density at radius 2 is 1.79 bits per heavy atom. The van der Waals surface area contributed by atoms with Crippen molar-refractivity contribution in [2.75, 3.05) is 0 Å². The molecule has 0 saturated carbocycles. The smallest absolute Gasteiger partial charge is 0.167 e. The van der Waals surface area contributed by atoms with Gasteiger partial charge in [0.05, 0.1) is 5.02 Å². The summed E-state index contributed by atoms with van der Waals surface area (Å²) in [6.45, 7) is 0. The molecule has 1 nitrogen and oxygen atoms in total. The quantitative estimate of drug-likeness (QED) is 0.773. The fraction of sp³-hybridized carbons (Fsp3) is 0.0714. The van der Waals surface area contributed by atoms with Gasteiger partial charge in [-0.2, -0.15) is 0 Å². The van der Waals surface area contributed by atoms with Gasteiger partial charge in [0.2, 0.25) is 0 Å². The summed E-state index contributed by atoms with van der Waals surface area (Å²) < 4.78 is 39.3. The minimum atomic E-state index is -1.11. The lowest BCUT2D eigenvalue weighted by Crippen LogP contribution is -2.06. The van der Waals surface area contributed by atoms with Crippen LogP contribution in [0.1, 0.15) is 15.9 Å². The molecule has 2 rings (SSSR count). The van der Waals surface area contributed by atoms with Gasteiger partial charge in [-0.1, -0.05) is 23.7 Å². The summed E-state index contributed by atoms with van der Waals surface area (Å²) >= 11 is 5.59. The molecule has 0 unspecified atom stereocenters. The third kappa shape index (κ3) is 2.96. The second-order valence-electron chi connectivity index (χ2n) is 3.94. The molecule has 2 aromatic carbocycles. The Balaban J connectivity index is 2.26. The maximum absolute atomic E-state index is 13.6. The first-order chi connectivity index (χ1) is 8.99. The summed E-state index contributed by atoms with van der Waals surface area (Å²) in [6, 6.07) is 7.10. The topological polar surface area (TPSA) is 17.1 Å². The van der Waals surface area contributed by atoms with E-state index in [0.29, 0.717) is 0 Å². The van der Waals surface area contributed by atoms with Crippen LogP contribution in [0.3, 0.4) is 0 Å². The van der Waals surface area contributed by atoms with Crippen molar-refractivity contribution in [1.29, 1.82) is 0 Å². The van der Waals surface area contributed by atoms with Gasteiger partial charge in [-0.05, 0) is 29.8 Å². The van der Waals surface area contributed by atoms with E-state index < -0.39 is 23.2 Å². The minimum Gasteiger partial charge on any atom is -0.294 e. The molecule has 0 amide bonds. The van der Waals surface area contributed by atoms with Crippen molar-refractivity contribution in [3.63, 3.8) is 0 Å². The second kappa shape index (κ2) is 5.45. The van der Waals surface area contributed by atoms with Gasteiger partial charge in [-0.3, -0.25) is 4.79 Å². The van der Waals surface area contributed by atoms with Crippen LogP contribution in [0.4, 0.5) is 13.2 Å². The molecule has 0 bridgehead atoms. The molecule has 0 aliphatic carbocycles. The maximum Gasteiger partial charge on any atom is 0.167 e. The molecule has 0 aliphatic heterocycles. The molecule has 19 heavy (non-hydrogen) atoms. The third-order valence-corrected chi connectivity index (χ3v) is 2.92. The van der Waals surface area contributed by atoms with Gasteiger partial charge < -0.3 is 0 Å². The summed E-state index contributed by atoms with van der Waals surface area (Å²) in [5.41, 5.74) is 0.0977. The first kappa shape index (κ1) is 13.6. The molecular formula is C14H8ClF3O. The summed E-state index contributed by atoms with van der Waals surface area (Å²) in [7, 11) is 0. The van der Waals surface area contributed by atoms with E-state index >= 15 is 0 Å². The number of halogens is 4. The summed E-state index contributed by atoms with van der Waals surface area (Å²) in [5, 5.41) is -0.0874. The normalized spacial score (nSPS) is 10.5. The van der Waals surface area contributed by atoms with Gasteiger partial charge in [-0.15, -0.1) is 0 Å². The Morgan fingerprint density at radius 3 is 2.47 bits per heavy atom. The molecule has 0 aliphatic rings. The molecule has 5 heteroatoms. The molecule has 0 aromatic heterocycles. The van der Waals surface area contributed by atoms with E-state index in [1.165, 1.54) is 18.2 Å². The van der Waals surface area contributed by atoms with E-state index in [-0.39, 0.29) is 22.6 Å². The fourth-order valence-corrected chi connectivity index (χ4v) is 1.82. The van der Waals surface area contributed by atoms with Crippen LogP contribution in [0.5, 0.6) is 0 Å². The second-order valence-corrected chi connectivity index (χ2v) is 4.35. The van der Waals surface area contributed by atoms with Crippen LogP contribution < -0.4 is 0 Å². The fourth-order valence-electron chi connectivity index (χ4n) is 1.63. The lowest BCUT2D eigenvalue weighted by atomic mass is 10.0. The zero-order valence-electron chi connectivity index (χ0n) is 9.59. The van der Waals surface area contributed by atoms with Crippen molar-refractivity contribution in [2.45, 2.75) is 6.42 Å². The van der Waals surface area contributed by atoms with Crippen LogP contribution in [0.2, 0.25) is 5.02 Å². The number of Topliss-reactive ketones (excluding diaryl/α,β-unsaturated/α-hetero) is 1. The molecular weight excluding hydrogens is 277 g/mol. The molecule has 0 atom stereocenters. The first-order valence-corrected chi connectivity index (χ1v) is 5.78. The van der Waals surface area contributed by atoms with Crippen LogP contribution in [0.25, 0.3) is 0 Å². The van der Waals surface area contributed by atoms with Gasteiger partial charge in [0, 0.05) is 12.0 Å². The predicted molar refractivity (Wildman–Crippen MR) is 65.8 cm³/mol. The molecule has 0 saturated heterocycles. The monoisotopic (exact) mass is 284 g/mol. The van der Waals surface area contributed by atoms with Crippen molar-refractivity contribution >= 4 is 17.4 Å². The van der Waals surface area contributed by atoms with Gasteiger partial charge in [0.15, 0.2) is 17.4 Å². The lowest BCUT2D eigenvalue weighted by Gasteiger charge is -2.04. The molecule has 98 valence electrons. The van der Waals surface area contributed by atoms with E-state index in [0.717, 1.165) is 18.2 Å². The maximum atomic E-state index is 13.6. The number of hydrogen-bond donors (Lipinski definition) is 0. The highest BCUT2D eigenvalue weighted by molar-refractivity contribution is 6.30. The SMILES string of the molecule is O=C(Cc1cccc(Cl)c1F)c1ccc(F)c(F)c1. The zero-order valence-corrected chi connectivity index (χ0v) is 10.3. The molecule has 0 spiro atoms. The summed E-state index contributed by atoms with van der Waals surface area (Å²) in [5.74, 6) is -3.34. The van der Waals surface area contributed by atoms with Crippen molar-refractivity contribution < 1.29 is 18.0 Å². The Labute approximate surface area is 112 Å². The standard InChI is InChI=1S/C14H8ClF3O/c15-10-3-1-2-9(14(10)18)7-13(19)8-4-5-11(16)12(17)6-8/h1-6H,7H2. The van der Waals surface area contributed by atoms with Crippen LogP contribution in [-0.2, 0) is 6.42 Å². The molecule has 0 N–H and O–H groups in total. The van der Waals surface area contributed by atoms with E-state index in [9.17, 15) is 18.0 Å². The van der Waals surface area contributed by atoms with Crippen LogP contribution in [0.15, 0.2) is 36.4 Å². The minimum absolute atomic E-state index is 0.0155. The van der Waals surface area contributed by atoms with E-state index in [1.807, 2.05) is 0 Å². The van der Waals surface area contributed by atoms with E-state index in [4.69, 9.17) is 11.6 Å². The van der Waals surface area contributed by atoms with Gasteiger partial charge in [0.25, 0.3) is 0 Å². The summed E-state index contributed by atoms with van der Waals surface area (Å²) in [6.07, 6.45) is -0.266. The highest BCUT2D eigenvalue weighted by Crippen LogP contribution is 2.20. The van der Waals surface area contributed by atoms with Crippen molar-refractivity contribution in [3.05, 3.63) is 70.0 Å². The third-order valence-electron chi connectivity index (χ3n) is 2.62. The lowest BCUT2D eigenvalue weighted by molar-refractivity contribution is 0.0991. The van der Waals surface area contributed by atoms with Gasteiger partial charge in [0.1, 0.15) is 5.82 Å². The van der Waals surface area contributed by atoms with Crippen molar-refractivity contribution in [1.82, 2.24) is 0 Å². The highest BCUT2D eigenvalue weighted by atomic mass is 35.5. The molecule has 0 heterocycles. The van der Waals surface area contributed by atoms with Crippen molar-refractivity contribution in [2.24, 2.45) is 0 Å². The van der Waals surface area contributed by atoms with E-state index in [2.05, 4.69) is 0 Å². The van der Waals surface area contributed by atoms with Gasteiger partial charge >= 0.3 is 0 Å². The Hall–Kier alpha value is -1.81. The first-order valence-electron chi connectivity index (χ1n) is 5.40. The number of hydrogen-bond acceptors (Lipinski definition) is 1. The largest absolute Gasteiger partial charge is 0.294 e.